The summed E-state index contributed by atoms with van der Waals surface area (Å²) in [5.74, 6) is -0.293. The first-order chi connectivity index (χ1) is 14.8. The Hall–Kier alpha value is -3.16. The standard InChI is InChI=1S/C24H26N2O4S/c1-18-8-12-22(13-9-18)31(28,29)26-23-16-21(11-10-19(23)2)24(27)25-14-15-30-17-20-6-4-3-5-7-20/h3-13,16,26H,14-15,17H2,1-2H3,(H,25,27). The number of anilines is 1. The number of hydrogen-bond donors (Lipinski definition) is 2. The minimum Gasteiger partial charge on any atom is -0.375 e. The molecule has 0 aromatic heterocycles. The van der Waals surface area contributed by atoms with Crippen LogP contribution in [0, 0.1) is 13.8 Å². The second-order valence-electron chi connectivity index (χ2n) is 7.24. The van der Waals surface area contributed by atoms with E-state index in [1.807, 2.05) is 37.3 Å². The smallest absolute Gasteiger partial charge is 0.261 e. The molecule has 0 spiro atoms. The summed E-state index contributed by atoms with van der Waals surface area (Å²) in [4.78, 5) is 12.6. The Balaban J connectivity index is 1.58. The number of rotatable bonds is 9. The average Bonchev–Trinajstić information content (AvgIpc) is 2.76. The molecule has 0 radical (unpaired) electrons. The molecule has 0 saturated heterocycles. The number of hydrogen-bond acceptors (Lipinski definition) is 4. The van der Waals surface area contributed by atoms with Crippen molar-refractivity contribution >= 4 is 21.6 Å². The molecule has 0 unspecified atom stereocenters. The molecule has 0 heterocycles. The van der Waals surface area contributed by atoms with Crippen molar-refractivity contribution in [3.8, 4) is 0 Å². The van der Waals surface area contributed by atoms with Gasteiger partial charge in [0.2, 0.25) is 0 Å². The van der Waals surface area contributed by atoms with E-state index in [9.17, 15) is 13.2 Å². The molecule has 0 bridgehead atoms. The molecule has 0 saturated carbocycles. The van der Waals surface area contributed by atoms with E-state index in [1.165, 1.54) is 0 Å². The maximum atomic E-state index is 12.7. The lowest BCUT2D eigenvalue weighted by Gasteiger charge is -2.13. The van der Waals surface area contributed by atoms with E-state index >= 15 is 0 Å². The summed E-state index contributed by atoms with van der Waals surface area (Å²) in [5, 5.41) is 2.79. The van der Waals surface area contributed by atoms with Crippen molar-refractivity contribution in [2.24, 2.45) is 0 Å². The second-order valence-corrected chi connectivity index (χ2v) is 8.92. The van der Waals surface area contributed by atoms with E-state index in [2.05, 4.69) is 10.0 Å². The number of carbonyl (C=O) groups excluding carboxylic acids is 1. The lowest BCUT2D eigenvalue weighted by molar-refractivity contribution is 0.0901. The highest BCUT2D eigenvalue weighted by molar-refractivity contribution is 7.92. The maximum Gasteiger partial charge on any atom is 0.261 e. The second kappa shape index (κ2) is 10.2. The molecule has 3 rings (SSSR count). The monoisotopic (exact) mass is 438 g/mol. The summed E-state index contributed by atoms with van der Waals surface area (Å²) in [5.41, 5.74) is 3.50. The van der Waals surface area contributed by atoms with Crippen molar-refractivity contribution in [1.82, 2.24) is 5.32 Å². The van der Waals surface area contributed by atoms with Gasteiger partial charge in [0.25, 0.3) is 15.9 Å². The summed E-state index contributed by atoms with van der Waals surface area (Å²) in [6.45, 7) is 4.88. The fourth-order valence-electron chi connectivity index (χ4n) is 2.90. The maximum absolute atomic E-state index is 12.7. The fourth-order valence-corrected chi connectivity index (χ4v) is 4.02. The Morgan fingerprint density at radius 2 is 1.65 bits per heavy atom. The molecule has 3 aromatic carbocycles. The summed E-state index contributed by atoms with van der Waals surface area (Å²) in [7, 11) is -3.75. The van der Waals surface area contributed by atoms with Crippen molar-refractivity contribution in [2.75, 3.05) is 17.9 Å². The van der Waals surface area contributed by atoms with Gasteiger partial charge in [0.15, 0.2) is 0 Å². The third-order valence-electron chi connectivity index (χ3n) is 4.72. The summed E-state index contributed by atoms with van der Waals surface area (Å²) < 4.78 is 33.5. The van der Waals surface area contributed by atoms with Gasteiger partial charge < -0.3 is 10.1 Å². The molecule has 0 aliphatic heterocycles. The van der Waals surface area contributed by atoms with Crippen molar-refractivity contribution in [3.05, 3.63) is 95.1 Å². The number of benzene rings is 3. The van der Waals surface area contributed by atoms with Gasteiger partial charge in [0.05, 0.1) is 23.8 Å². The molecule has 7 heteroatoms. The van der Waals surface area contributed by atoms with Gasteiger partial charge in [-0.3, -0.25) is 9.52 Å². The Morgan fingerprint density at radius 3 is 2.35 bits per heavy atom. The van der Waals surface area contributed by atoms with Crippen LogP contribution in [0.15, 0.2) is 77.7 Å². The molecule has 0 aliphatic carbocycles. The molecule has 2 N–H and O–H groups in total. The molecule has 0 aliphatic rings. The molecule has 0 atom stereocenters. The summed E-state index contributed by atoms with van der Waals surface area (Å²) in [6, 6.07) is 21.3. The summed E-state index contributed by atoms with van der Waals surface area (Å²) >= 11 is 0. The van der Waals surface area contributed by atoms with Crippen LogP contribution in [0.25, 0.3) is 0 Å². The molecule has 3 aromatic rings. The Morgan fingerprint density at radius 1 is 0.935 bits per heavy atom. The van der Waals surface area contributed by atoms with Crippen LogP contribution in [0.1, 0.15) is 27.0 Å². The normalized spacial score (nSPS) is 11.2. The topological polar surface area (TPSA) is 84.5 Å². The predicted molar refractivity (Wildman–Crippen MR) is 122 cm³/mol. The molecule has 6 nitrogen and oxygen atoms in total. The van der Waals surface area contributed by atoms with Crippen LogP contribution in [0.2, 0.25) is 0 Å². The number of ether oxygens (including phenoxy) is 1. The van der Waals surface area contributed by atoms with E-state index in [0.717, 1.165) is 16.7 Å². The molecule has 31 heavy (non-hydrogen) atoms. The zero-order valence-corrected chi connectivity index (χ0v) is 18.4. The molecule has 1 amide bonds. The number of amides is 1. The van der Waals surface area contributed by atoms with E-state index < -0.39 is 10.0 Å². The average molecular weight is 439 g/mol. The Kier molecular flexibility index (Phi) is 7.44. The van der Waals surface area contributed by atoms with Gasteiger partial charge in [0, 0.05) is 12.1 Å². The van der Waals surface area contributed by atoms with E-state index in [1.54, 1.807) is 49.4 Å². The van der Waals surface area contributed by atoms with Gasteiger partial charge in [-0.05, 0) is 49.2 Å². The van der Waals surface area contributed by atoms with Gasteiger partial charge >= 0.3 is 0 Å². The van der Waals surface area contributed by atoms with Crippen LogP contribution in [0.5, 0.6) is 0 Å². The minimum absolute atomic E-state index is 0.169. The van der Waals surface area contributed by atoms with Gasteiger partial charge in [0.1, 0.15) is 0 Å². The molecular weight excluding hydrogens is 412 g/mol. The van der Waals surface area contributed by atoms with Gasteiger partial charge in [-0.15, -0.1) is 0 Å². The third-order valence-corrected chi connectivity index (χ3v) is 6.10. The van der Waals surface area contributed by atoms with Crippen molar-refractivity contribution in [2.45, 2.75) is 25.3 Å². The predicted octanol–water partition coefficient (Wildman–Crippen LogP) is 4.05. The van der Waals surface area contributed by atoms with Crippen molar-refractivity contribution < 1.29 is 17.9 Å². The first-order valence-corrected chi connectivity index (χ1v) is 11.4. The highest BCUT2D eigenvalue weighted by atomic mass is 32.2. The third kappa shape index (κ3) is 6.41. The van der Waals surface area contributed by atoms with Crippen LogP contribution in [0.4, 0.5) is 5.69 Å². The SMILES string of the molecule is Cc1ccc(S(=O)(=O)Nc2cc(C(=O)NCCOCc3ccccc3)ccc2C)cc1. The molecule has 0 fully saturated rings. The minimum atomic E-state index is -3.75. The Labute approximate surface area is 183 Å². The van der Waals surface area contributed by atoms with Crippen LogP contribution in [0.3, 0.4) is 0 Å². The van der Waals surface area contributed by atoms with Crippen molar-refractivity contribution in [1.29, 1.82) is 0 Å². The number of sulfonamides is 1. The van der Waals surface area contributed by atoms with Crippen LogP contribution in [-0.2, 0) is 21.4 Å². The van der Waals surface area contributed by atoms with Crippen LogP contribution >= 0.6 is 0 Å². The van der Waals surface area contributed by atoms with Gasteiger partial charge in [-0.1, -0.05) is 54.1 Å². The summed E-state index contributed by atoms with van der Waals surface area (Å²) in [6.07, 6.45) is 0. The van der Waals surface area contributed by atoms with Crippen LogP contribution in [-0.4, -0.2) is 27.5 Å². The highest BCUT2D eigenvalue weighted by Crippen LogP contribution is 2.21. The fraction of sp³-hybridized carbons (Fsp3) is 0.208. The van der Waals surface area contributed by atoms with Gasteiger partial charge in [-0.25, -0.2) is 8.42 Å². The van der Waals surface area contributed by atoms with Crippen LogP contribution < -0.4 is 10.0 Å². The quantitative estimate of drug-likeness (QED) is 0.494. The number of carbonyl (C=O) groups is 1. The van der Waals surface area contributed by atoms with E-state index in [-0.39, 0.29) is 10.8 Å². The largest absolute Gasteiger partial charge is 0.375 e. The zero-order chi connectivity index (χ0) is 22.3. The number of nitrogens with one attached hydrogen (secondary N) is 2. The number of aryl methyl sites for hydroxylation is 2. The molecular formula is C24H26N2O4S. The van der Waals surface area contributed by atoms with Gasteiger partial charge in [-0.2, -0.15) is 0 Å². The zero-order valence-electron chi connectivity index (χ0n) is 17.6. The van der Waals surface area contributed by atoms with Crippen molar-refractivity contribution in [3.63, 3.8) is 0 Å². The van der Waals surface area contributed by atoms with E-state index in [0.29, 0.717) is 31.0 Å². The highest BCUT2D eigenvalue weighted by Gasteiger charge is 2.16. The molecule has 162 valence electrons. The van der Waals surface area contributed by atoms with E-state index in [4.69, 9.17) is 4.74 Å². The first kappa shape index (κ1) is 22.5. The lowest BCUT2D eigenvalue weighted by atomic mass is 10.1. The first-order valence-electron chi connectivity index (χ1n) is 9.95. The lowest BCUT2D eigenvalue weighted by Crippen LogP contribution is -2.27. The Bertz CT molecular complexity index is 1130.